The number of thiazole rings is 1. The third-order valence-corrected chi connectivity index (χ3v) is 6.42. The third-order valence-electron chi connectivity index (χ3n) is 5.28. The predicted octanol–water partition coefficient (Wildman–Crippen LogP) is 2.89. The quantitative estimate of drug-likeness (QED) is 0.546. The predicted molar refractivity (Wildman–Crippen MR) is 114 cm³/mol. The van der Waals surface area contributed by atoms with Crippen molar-refractivity contribution in [3.8, 4) is 0 Å². The van der Waals surface area contributed by atoms with E-state index >= 15 is 0 Å². The van der Waals surface area contributed by atoms with Gasteiger partial charge in [-0.15, -0.1) is 11.3 Å². The largest absolute Gasteiger partial charge is 0.444 e. The molecule has 0 spiro atoms. The Kier molecular flexibility index (Phi) is 7.44. The van der Waals surface area contributed by atoms with Crippen LogP contribution in [0.4, 0.5) is 0 Å². The summed E-state index contributed by atoms with van der Waals surface area (Å²) in [6.07, 6.45) is 5.36. The fourth-order valence-electron chi connectivity index (χ4n) is 3.36. The van der Waals surface area contributed by atoms with E-state index in [2.05, 4.69) is 37.4 Å². The van der Waals surface area contributed by atoms with Gasteiger partial charge in [-0.05, 0) is 52.1 Å². The fraction of sp³-hybridized carbons (Fsp3) is 0.650. The normalized spacial score (nSPS) is 16.5. The van der Waals surface area contributed by atoms with Gasteiger partial charge in [0.15, 0.2) is 5.96 Å². The number of hydrogen-bond donors (Lipinski definition) is 2. The van der Waals surface area contributed by atoms with Crippen molar-refractivity contribution in [1.29, 1.82) is 0 Å². The van der Waals surface area contributed by atoms with Crippen LogP contribution in [0, 0.1) is 19.8 Å². The summed E-state index contributed by atoms with van der Waals surface area (Å²) in [6.45, 7) is 10.8. The summed E-state index contributed by atoms with van der Waals surface area (Å²) < 4.78 is 5.72. The van der Waals surface area contributed by atoms with Crippen LogP contribution in [0.1, 0.15) is 47.0 Å². The van der Waals surface area contributed by atoms with Gasteiger partial charge in [-0.2, -0.15) is 0 Å². The van der Waals surface area contributed by atoms with E-state index in [1.165, 1.54) is 17.7 Å². The minimum Gasteiger partial charge on any atom is -0.444 e. The Balaban J connectivity index is 1.36. The van der Waals surface area contributed by atoms with Gasteiger partial charge < -0.3 is 15.1 Å². The minimum absolute atomic E-state index is 0.661. The first kappa shape index (κ1) is 20.8. The first-order chi connectivity index (χ1) is 13.6. The molecule has 0 unspecified atom stereocenters. The topological polar surface area (TPSA) is 78.6 Å². The van der Waals surface area contributed by atoms with E-state index in [0.29, 0.717) is 5.92 Å². The second-order valence-electron chi connectivity index (χ2n) is 7.35. The van der Waals surface area contributed by atoms with E-state index in [0.717, 1.165) is 67.5 Å². The van der Waals surface area contributed by atoms with Crippen molar-refractivity contribution in [2.45, 2.75) is 53.1 Å². The Morgan fingerprint density at radius 1 is 1.32 bits per heavy atom. The molecule has 3 rings (SSSR count). The monoisotopic (exact) mass is 404 g/mol. The zero-order valence-electron chi connectivity index (χ0n) is 17.4. The molecule has 0 aromatic carbocycles. The number of aryl methyl sites for hydroxylation is 3. The van der Waals surface area contributed by atoms with E-state index in [4.69, 9.17) is 4.42 Å². The maximum atomic E-state index is 5.72. The molecule has 0 atom stereocenters. The van der Waals surface area contributed by atoms with E-state index in [-0.39, 0.29) is 0 Å². The summed E-state index contributed by atoms with van der Waals surface area (Å²) in [4.78, 5) is 17.0. The van der Waals surface area contributed by atoms with Gasteiger partial charge in [-0.1, -0.05) is 6.92 Å². The van der Waals surface area contributed by atoms with Gasteiger partial charge in [0.05, 0.1) is 18.8 Å². The van der Waals surface area contributed by atoms with Crippen LogP contribution in [-0.4, -0.2) is 47.5 Å². The standard InChI is InChI=1S/C20H32N6OS/c1-5-17-11-22-19(28-17)12-24-20(21-4)23-10-16-6-8-26(9-7-16)13-18-25-14(2)15(3)27-18/h11,16H,5-10,12-13H2,1-4H3,(H2,21,23,24). The molecule has 3 heterocycles. The zero-order chi connectivity index (χ0) is 19.9. The summed E-state index contributed by atoms with van der Waals surface area (Å²) in [5, 5.41) is 7.94. The van der Waals surface area contributed by atoms with Gasteiger partial charge >= 0.3 is 0 Å². The average molecular weight is 405 g/mol. The minimum atomic E-state index is 0.661. The number of guanidine groups is 1. The summed E-state index contributed by atoms with van der Waals surface area (Å²) in [7, 11) is 1.82. The lowest BCUT2D eigenvalue weighted by Gasteiger charge is -2.31. The molecule has 154 valence electrons. The highest BCUT2D eigenvalue weighted by molar-refractivity contribution is 7.11. The Morgan fingerprint density at radius 3 is 2.71 bits per heavy atom. The van der Waals surface area contributed by atoms with Gasteiger partial charge in [0.1, 0.15) is 10.8 Å². The molecule has 2 aromatic heterocycles. The second kappa shape index (κ2) is 10.0. The van der Waals surface area contributed by atoms with Crippen molar-refractivity contribution in [2.75, 3.05) is 26.7 Å². The number of nitrogens with zero attached hydrogens (tertiary/aromatic N) is 4. The van der Waals surface area contributed by atoms with Crippen molar-refractivity contribution in [2.24, 2.45) is 10.9 Å². The highest BCUT2D eigenvalue weighted by atomic mass is 32.1. The van der Waals surface area contributed by atoms with Crippen molar-refractivity contribution >= 4 is 17.3 Å². The van der Waals surface area contributed by atoms with E-state index in [1.807, 2.05) is 27.1 Å². The van der Waals surface area contributed by atoms with Crippen LogP contribution in [0.3, 0.4) is 0 Å². The second-order valence-corrected chi connectivity index (χ2v) is 8.55. The van der Waals surface area contributed by atoms with Crippen molar-refractivity contribution in [1.82, 2.24) is 25.5 Å². The van der Waals surface area contributed by atoms with Crippen LogP contribution < -0.4 is 10.6 Å². The molecule has 0 saturated carbocycles. The van der Waals surface area contributed by atoms with Crippen molar-refractivity contribution < 1.29 is 4.42 Å². The summed E-state index contributed by atoms with van der Waals surface area (Å²) in [5.41, 5.74) is 0.997. The first-order valence-corrected chi connectivity index (χ1v) is 10.9. The van der Waals surface area contributed by atoms with Crippen LogP contribution in [-0.2, 0) is 19.5 Å². The molecule has 0 amide bonds. The molecule has 1 aliphatic heterocycles. The maximum Gasteiger partial charge on any atom is 0.208 e. The SMILES string of the molecule is CCc1cnc(CNC(=NC)NCC2CCN(Cc3nc(C)c(C)o3)CC2)s1. The van der Waals surface area contributed by atoms with Gasteiger partial charge in [0.2, 0.25) is 5.89 Å². The number of hydrogen-bond acceptors (Lipinski definition) is 6. The Bertz CT molecular complexity index is 756. The van der Waals surface area contributed by atoms with E-state index in [9.17, 15) is 0 Å². The molecule has 0 radical (unpaired) electrons. The van der Waals surface area contributed by atoms with Gasteiger partial charge in [-0.25, -0.2) is 9.97 Å². The van der Waals surface area contributed by atoms with E-state index < -0.39 is 0 Å². The lowest BCUT2D eigenvalue weighted by molar-refractivity contribution is 0.164. The lowest BCUT2D eigenvalue weighted by Crippen LogP contribution is -2.42. The molecule has 2 aromatic rings. The van der Waals surface area contributed by atoms with Gasteiger partial charge in [-0.3, -0.25) is 9.89 Å². The molecule has 7 nitrogen and oxygen atoms in total. The molecule has 0 aliphatic carbocycles. The molecule has 1 fully saturated rings. The highest BCUT2D eigenvalue weighted by Gasteiger charge is 2.21. The molecule has 2 N–H and O–H groups in total. The van der Waals surface area contributed by atoms with Crippen molar-refractivity contribution in [3.63, 3.8) is 0 Å². The van der Waals surface area contributed by atoms with Crippen molar-refractivity contribution in [3.05, 3.63) is 33.4 Å². The van der Waals surface area contributed by atoms with Crippen LogP contribution in [0.5, 0.6) is 0 Å². The molecule has 0 bridgehead atoms. The number of oxazole rings is 1. The number of aromatic nitrogens is 2. The average Bonchev–Trinajstić information content (AvgIpc) is 3.29. The molecular weight excluding hydrogens is 372 g/mol. The molecule has 1 saturated heterocycles. The van der Waals surface area contributed by atoms with Crippen LogP contribution >= 0.6 is 11.3 Å². The number of aliphatic imine (C=N–C) groups is 1. The zero-order valence-corrected chi connectivity index (χ0v) is 18.2. The Hall–Kier alpha value is -1.93. The molecule has 28 heavy (non-hydrogen) atoms. The smallest absolute Gasteiger partial charge is 0.208 e. The van der Waals surface area contributed by atoms with Crippen LogP contribution in [0.2, 0.25) is 0 Å². The first-order valence-electron chi connectivity index (χ1n) is 10.1. The summed E-state index contributed by atoms with van der Waals surface area (Å²) in [6, 6.07) is 0. The molecular formula is C20H32N6OS. The molecule has 8 heteroatoms. The summed E-state index contributed by atoms with van der Waals surface area (Å²) in [5.74, 6) is 3.28. The summed E-state index contributed by atoms with van der Waals surface area (Å²) >= 11 is 1.76. The third kappa shape index (κ3) is 5.78. The van der Waals surface area contributed by atoms with Crippen LogP contribution in [0.15, 0.2) is 15.6 Å². The highest BCUT2D eigenvalue weighted by Crippen LogP contribution is 2.19. The number of rotatable bonds is 7. The van der Waals surface area contributed by atoms with Gasteiger partial charge in [0, 0.05) is 24.7 Å². The fourth-order valence-corrected chi connectivity index (χ4v) is 4.16. The van der Waals surface area contributed by atoms with E-state index in [1.54, 1.807) is 11.3 Å². The van der Waals surface area contributed by atoms with Crippen LogP contribution in [0.25, 0.3) is 0 Å². The Morgan fingerprint density at radius 2 is 2.11 bits per heavy atom. The number of nitrogens with one attached hydrogen (secondary N) is 2. The Labute approximate surface area is 171 Å². The van der Waals surface area contributed by atoms with Gasteiger partial charge in [0.25, 0.3) is 0 Å². The maximum absolute atomic E-state index is 5.72. The number of piperidine rings is 1. The molecule has 1 aliphatic rings. The number of likely N-dealkylation sites (tertiary alicyclic amines) is 1. The lowest BCUT2D eigenvalue weighted by atomic mass is 9.97.